The Labute approximate surface area is 182 Å². The van der Waals surface area contributed by atoms with Crippen molar-refractivity contribution >= 4 is 11.6 Å². The van der Waals surface area contributed by atoms with Crippen molar-refractivity contribution in [2.45, 2.75) is 25.4 Å². The highest BCUT2D eigenvalue weighted by atomic mass is 16.2. The first kappa shape index (κ1) is 21.3. The minimum atomic E-state index is -0.217. The first-order valence-corrected chi connectivity index (χ1v) is 10.9. The number of hydrogen-bond donors (Lipinski definition) is 1. The Kier molecular flexibility index (Phi) is 6.79. The van der Waals surface area contributed by atoms with Crippen LogP contribution in [0.5, 0.6) is 0 Å². The summed E-state index contributed by atoms with van der Waals surface area (Å²) in [6.45, 7) is 4.96. The van der Waals surface area contributed by atoms with Gasteiger partial charge in [0, 0.05) is 51.4 Å². The van der Waals surface area contributed by atoms with Crippen LogP contribution in [-0.2, 0) is 11.3 Å². The topological polar surface area (TPSA) is 74.9 Å². The van der Waals surface area contributed by atoms with E-state index in [2.05, 4.69) is 57.6 Å². The van der Waals surface area contributed by atoms with Crippen molar-refractivity contribution < 1.29 is 4.79 Å². The Bertz CT molecular complexity index is 1060. The molecule has 2 aromatic heterocycles. The van der Waals surface area contributed by atoms with Gasteiger partial charge in [-0.05, 0) is 31.2 Å². The van der Waals surface area contributed by atoms with E-state index in [1.54, 1.807) is 18.3 Å². The number of pyridine rings is 1. The summed E-state index contributed by atoms with van der Waals surface area (Å²) >= 11 is 0. The maximum atomic E-state index is 12.3. The van der Waals surface area contributed by atoms with E-state index in [4.69, 9.17) is 0 Å². The second kappa shape index (κ2) is 9.89. The van der Waals surface area contributed by atoms with Gasteiger partial charge in [0.25, 0.3) is 0 Å². The van der Waals surface area contributed by atoms with E-state index < -0.39 is 0 Å². The number of benzene rings is 1. The lowest BCUT2D eigenvalue weighted by molar-refractivity contribution is -0.121. The highest BCUT2D eigenvalue weighted by Crippen LogP contribution is 2.24. The fourth-order valence-corrected chi connectivity index (χ4v) is 4.14. The Morgan fingerprint density at radius 1 is 1.10 bits per heavy atom. The van der Waals surface area contributed by atoms with E-state index in [0.717, 1.165) is 32.6 Å². The van der Waals surface area contributed by atoms with Crippen molar-refractivity contribution in [1.82, 2.24) is 29.3 Å². The first-order chi connectivity index (χ1) is 15.1. The third-order valence-corrected chi connectivity index (χ3v) is 5.86. The van der Waals surface area contributed by atoms with E-state index in [1.807, 2.05) is 6.07 Å². The number of rotatable bonds is 8. The zero-order valence-corrected chi connectivity index (χ0v) is 18.0. The number of carbonyl (C=O) groups excluding carboxylic acids is 1. The molecular formula is C23H30N6O2. The van der Waals surface area contributed by atoms with Crippen LogP contribution in [0.1, 0.15) is 24.4 Å². The summed E-state index contributed by atoms with van der Waals surface area (Å²) in [5, 5.41) is 7.24. The van der Waals surface area contributed by atoms with Gasteiger partial charge in [0.05, 0.1) is 6.54 Å². The fraction of sp³-hybridized carbons (Fsp3) is 0.435. The molecule has 1 aliphatic rings. The minimum absolute atomic E-state index is 0.0538. The molecule has 4 rings (SSSR count). The van der Waals surface area contributed by atoms with Crippen molar-refractivity contribution in [3.63, 3.8) is 0 Å². The van der Waals surface area contributed by atoms with Crippen LogP contribution in [0, 0.1) is 0 Å². The molecule has 1 aromatic carbocycles. The van der Waals surface area contributed by atoms with Crippen LogP contribution in [0.15, 0.2) is 59.5 Å². The second-order valence-corrected chi connectivity index (χ2v) is 8.11. The van der Waals surface area contributed by atoms with Crippen molar-refractivity contribution in [3.8, 4) is 0 Å². The van der Waals surface area contributed by atoms with Gasteiger partial charge in [-0.25, -0.2) is 9.48 Å². The van der Waals surface area contributed by atoms with Crippen LogP contribution in [0.4, 0.5) is 0 Å². The molecule has 0 saturated carbocycles. The highest BCUT2D eigenvalue weighted by Gasteiger charge is 2.25. The third kappa shape index (κ3) is 5.21. The molecule has 164 valence electrons. The molecule has 1 N–H and O–H groups in total. The Hall–Kier alpha value is -2.97. The largest absolute Gasteiger partial charge is 0.356 e. The minimum Gasteiger partial charge on any atom is -0.356 e. The molecule has 8 nitrogen and oxygen atoms in total. The van der Waals surface area contributed by atoms with E-state index in [1.165, 1.54) is 14.6 Å². The number of aromatic nitrogens is 3. The number of amides is 1. The average molecular weight is 423 g/mol. The number of piperazine rings is 1. The van der Waals surface area contributed by atoms with E-state index in [-0.39, 0.29) is 24.6 Å². The van der Waals surface area contributed by atoms with Crippen molar-refractivity contribution in [3.05, 3.63) is 70.8 Å². The monoisotopic (exact) mass is 422 g/mol. The van der Waals surface area contributed by atoms with Gasteiger partial charge in [0.1, 0.15) is 0 Å². The lowest BCUT2D eigenvalue weighted by Crippen LogP contribution is -2.47. The van der Waals surface area contributed by atoms with Gasteiger partial charge in [-0.3, -0.25) is 14.1 Å². The molecule has 1 fully saturated rings. The second-order valence-electron chi connectivity index (χ2n) is 8.11. The van der Waals surface area contributed by atoms with E-state index >= 15 is 0 Å². The fourth-order valence-electron chi connectivity index (χ4n) is 4.14. The Morgan fingerprint density at radius 3 is 2.71 bits per heavy atom. The summed E-state index contributed by atoms with van der Waals surface area (Å²) in [4.78, 5) is 29.4. The lowest BCUT2D eigenvalue weighted by atomic mass is 10.0. The molecule has 0 bridgehead atoms. The first-order valence-electron chi connectivity index (χ1n) is 10.9. The molecule has 0 aliphatic carbocycles. The Balaban J connectivity index is 1.23. The van der Waals surface area contributed by atoms with Gasteiger partial charge < -0.3 is 10.2 Å². The summed E-state index contributed by atoms with van der Waals surface area (Å²) in [6, 6.07) is 16.4. The molecule has 1 atom stereocenters. The number of aryl methyl sites for hydroxylation is 1. The van der Waals surface area contributed by atoms with Gasteiger partial charge in [-0.15, -0.1) is 5.10 Å². The molecule has 1 unspecified atom stereocenters. The van der Waals surface area contributed by atoms with E-state index in [9.17, 15) is 9.59 Å². The van der Waals surface area contributed by atoms with Gasteiger partial charge in [0.2, 0.25) is 5.91 Å². The quantitative estimate of drug-likeness (QED) is 0.555. The number of nitrogens with zero attached hydrogens (tertiary/aromatic N) is 5. The van der Waals surface area contributed by atoms with Crippen LogP contribution in [0.3, 0.4) is 0 Å². The molecular weight excluding hydrogens is 392 g/mol. The van der Waals surface area contributed by atoms with Crippen LogP contribution < -0.4 is 11.0 Å². The van der Waals surface area contributed by atoms with E-state index in [0.29, 0.717) is 18.2 Å². The van der Waals surface area contributed by atoms with Crippen LogP contribution >= 0.6 is 0 Å². The van der Waals surface area contributed by atoms with Crippen LogP contribution in [0.25, 0.3) is 5.65 Å². The number of fused-ring (bicyclic) bond motifs is 1. The molecule has 3 aromatic rings. The summed E-state index contributed by atoms with van der Waals surface area (Å²) in [7, 11) is 2.17. The number of hydrogen-bond acceptors (Lipinski definition) is 5. The normalized spacial score (nSPS) is 17.8. The SMILES string of the molecule is CN1CCN(CCCNC(=O)CCn2nc3ccccn3c2=O)C(c2ccccc2)C1. The standard InChI is InChI=1S/C23H30N6O2/c1-26-16-17-27(20(18-26)19-8-3-2-4-9-19)13-7-12-24-22(30)11-15-29-23(31)28-14-6-5-10-21(28)25-29/h2-6,8-10,14,20H,7,11-13,15-18H2,1H3,(H,24,30). The third-order valence-electron chi connectivity index (χ3n) is 5.86. The summed E-state index contributed by atoms with van der Waals surface area (Å²) in [5.74, 6) is -0.0538. The van der Waals surface area contributed by atoms with Crippen molar-refractivity contribution in [2.24, 2.45) is 0 Å². The van der Waals surface area contributed by atoms with Crippen molar-refractivity contribution in [2.75, 3.05) is 39.8 Å². The van der Waals surface area contributed by atoms with Crippen molar-refractivity contribution in [1.29, 1.82) is 0 Å². The Morgan fingerprint density at radius 2 is 1.90 bits per heavy atom. The smallest absolute Gasteiger partial charge is 0.350 e. The summed E-state index contributed by atoms with van der Waals surface area (Å²) < 4.78 is 2.83. The molecule has 31 heavy (non-hydrogen) atoms. The zero-order valence-electron chi connectivity index (χ0n) is 18.0. The van der Waals surface area contributed by atoms with Gasteiger partial charge in [-0.1, -0.05) is 36.4 Å². The molecule has 8 heteroatoms. The van der Waals surface area contributed by atoms with Gasteiger partial charge in [0.15, 0.2) is 5.65 Å². The molecule has 1 aliphatic heterocycles. The maximum Gasteiger partial charge on any atom is 0.350 e. The zero-order chi connectivity index (χ0) is 21.6. The van der Waals surface area contributed by atoms with Gasteiger partial charge >= 0.3 is 5.69 Å². The maximum absolute atomic E-state index is 12.3. The van der Waals surface area contributed by atoms with Crippen LogP contribution in [0.2, 0.25) is 0 Å². The predicted octanol–water partition coefficient (Wildman–Crippen LogP) is 1.38. The molecule has 0 spiro atoms. The molecule has 1 amide bonds. The lowest BCUT2D eigenvalue weighted by Gasteiger charge is -2.40. The molecule has 0 radical (unpaired) electrons. The van der Waals surface area contributed by atoms with Gasteiger partial charge in [-0.2, -0.15) is 0 Å². The highest BCUT2D eigenvalue weighted by molar-refractivity contribution is 5.75. The molecule has 3 heterocycles. The number of likely N-dealkylation sites (N-methyl/N-ethyl adjacent to an activating group) is 1. The average Bonchev–Trinajstić information content (AvgIpc) is 3.12. The summed E-state index contributed by atoms with van der Waals surface area (Å²) in [5.41, 5.74) is 1.72. The summed E-state index contributed by atoms with van der Waals surface area (Å²) in [6.07, 6.45) is 2.82. The van der Waals surface area contributed by atoms with Crippen LogP contribution in [-0.4, -0.2) is 69.7 Å². The number of nitrogens with one attached hydrogen (secondary N) is 1. The number of carbonyl (C=O) groups is 1. The molecule has 1 saturated heterocycles. The predicted molar refractivity (Wildman–Crippen MR) is 120 cm³/mol.